The minimum absolute atomic E-state index is 0.153. The van der Waals surface area contributed by atoms with Crippen LogP contribution in [0.4, 0.5) is 5.69 Å². The number of amides is 1. The van der Waals surface area contributed by atoms with Gasteiger partial charge >= 0.3 is 0 Å². The summed E-state index contributed by atoms with van der Waals surface area (Å²) in [5.41, 5.74) is 1.64. The minimum atomic E-state index is -0.153. The number of halogens is 1. The van der Waals surface area contributed by atoms with E-state index in [9.17, 15) is 4.79 Å². The van der Waals surface area contributed by atoms with Crippen molar-refractivity contribution < 1.29 is 13.6 Å². The molecule has 0 saturated carbocycles. The lowest BCUT2D eigenvalue weighted by atomic mass is 10.2. The quantitative estimate of drug-likeness (QED) is 0.624. The molecule has 2 heterocycles. The molecule has 0 saturated heterocycles. The zero-order chi connectivity index (χ0) is 19.2. The molecule has 0 spiro atoms. The number of anilines is 1. The molecule has 0 radical (unpaired) electrons. The first-order valence-corrected chi connectivity index (χ1v) is 9.07. The molecule has 1 amide bonds. The minimum Gasteiger partial charge on any atom is -0.459 e. The Kier molecular flexibility index (Phi) is 6.26. The van der Waals surface area contributed by atoms with Gasteiger partial charge in [-0.25, -0.2) is 0 Å². The third kappa shape index (κ3) is 5.18. The molecule has 0 bridgehead atoms. The third-order valence-electron chi connectivity index (χ3n) is 3.86. The number of hydrogen-bond donors (Lipinski definition) is 1. The zero-order valence-electron chi connectivity index (χ0n) is 15.2. The van der Waals surface area contributed by atoms with Crippen LogP contribution < -0.4 is 5.32 Å². The van der Waals surface area contributed by atoms with Crippen molar-refractivity contribution in [3.8, 4) is 11.7 Å². The van der Waals surface area contributed by atoms with Crippen molar-refractivity contribution in [1.29, 1.82) is 0 Å². The molecular weight excluding hydrogens is 368 g/mol. The van der Waals surface area contributed by atoms with E-state index in [1.54, 1.807) is 24.5 Å². The molecule has 0 atom stereocenters. The Morgan fingerprint density at radius 2 is 2.15 bits per heavy atom. The second-order valence-corrected chi connectivity index (χ2v) is 6.63. The normalized spacial score (nSPS) is 11.1. The molecule has 3 aromatic rings. The molecule has 1 N–H and O–H groups in total. The van der Waals surface area contributed by atoms with Gasteiger partial charge in [-0.05, 0) is 49.7 Å². The van der Waals surface area contributed by atoms with E-state index in [1.807, 2.05) is 30.9 Å². The maximum absolute atomic E-state index is 12.4. The summed E-state index contributed by atoms with van der Waals surface area (Å²) < 4.78 is 10.9. The molecule has 0 fully saturated rings. The van der Waals surface area contributed by atoms with Gasteiger partial charge < -0.3 is 14.2 Å². The summed E-state index contributed by atoms with van der Waals surface area (Å²) in [6.45, 7) is 5.27. The highest BCUT2D eigenvalue weighted by molar-refractivity contribution is 6.33. The number of aromatic nitrogens is 2. The van der Waals surface area contributed by atoms with Gasteiger partial charge in [-0.1, -0.05) is 24.6 Å². The fourth-order valence-electron chi connectivity index (χ4n) is 2.65. The predicted octanol–water partition coefficient (Wildman–Crippen LogP) is 4.14. The van der Waals surface area contributed by atoms with E-state index in [1.165, 1.54) is 0 Å². The topological polar surface area (TPSA) is 84.4 Å². The molecule has 0 unspecified atom stereocenters. The number of aryl methyl sites for hydroxylation is 1. The van der Waals surface area contributed by atoms with E-state index < -0.39 is 0 Å². The summed E-state index contributed by atoms with van der Waals surface area (Å²) in [4.78, 5) is 14.4. The maximum Gasteiger partial charge on any atom is 0.283 e. The van der Waals surface area contributed by atoms with Crippen molar-refractivity contribution in [2.24, 2.45) is 0 Å². The standard InChI is InChI=1S/C19H21ClN4O3/c1-3-8-24(11-17(25)21-15-7-6-13(2)10-14(15)20)12-18-22-23-19(27-18)16-5-4-9-26-16/h4-7,9-10H,3,8,11-12H2,1-2H3,(H,21,25). The Labute approximate surface area is 162 Å². The Morgan fingerprint density at radius 1 is 1.30 bits per heavy atom. The van der Waals surface area contributed by atoms with E-state index in [0.29, 0.717) is 41.3 Å². The van der Waals surface area contributed by atoms with Gasteiger partial charge in [0, 0.05) is 0 Å². The Balaban J connectivity index is 1.62. The first-order chi connectivity index (χ1) is 13.0. The van der Waals surface area contributed by atoms with Gasteiger partial charge in [-0.3, -0.25) is 9.69 Å². The Bertz CT molecular complexity index is 892. The zero-order valence-corrected chi connectivity index (χ0v) is 16.0. The van der Waals surface area contributed by atoms with Gasteiger partial charge in [0.1, 0.15) is 0 Å². The van der Waals surface area contributed by atoms with Crippen molar-refractivity contribution in [2.45, 2.75) is 26.8 Å². The second kappa shape index (κ2) is 8.83. The molecule has 0 aliphatic carbocycles. The lowest BCUT2D eigenvalue weighted by Gasteiger charge is -2.19. The van der Waals surface area contributed by atoms with Crippen LogP contribution in [0.15, 0.2) is 45.4 Å². The van der Waals surface area contributed by atoms with Crippen LogP contribution in [0.5, 0.6) is 0 Å². The van der Waals surface area contributed by atoms with Crippen LogP contribution in [0.3, 0.4) is 0 Å². The van der Waals surface area contributed by atoms with Crippen LogP contribution in [-0.2, 0) is 11.3 Å². The van der Waals surface area contributed by atoms with Gasteiger partial charge in [-0.2, -0.15) is 0 Å². The third-order valence-corrected chi connectivity index (χ3v) is 4.18. The fourth-order valence-corrected chi connectivity index (χ4v) is 2.94. The molecule has 8 heteroatoms. The average molecular weight is 389 g/mol. The SMILES string of the molecule is CCCN(CC(=O)Nc1ccc(C)cc1Cl)Cc1nnc(-c2ccco2)o1. The van der Waals surface area contributed by atoms with Crippen molar-refractivity contribution in [3.05, 3.63) is 53.1 Å². The smallest absolute Gasteiger partial charge is 0.283 e. The van der Waals surface area contributed by atoms with Gasteiger partial charge in [0.15, 0.2) is 5.76 Å². The van der Waals surface area contributed by atoms with Crippen LogP contribution in [-0.4, -0.2) is 34.1 Å². The summed E-state index contributed by atoms with van der Waals surface area (Å²) in [7, 11) is 0. The molecule has 0 aliphatic heterocycles. The van der Waals surface area contributed by atoms with Gasteiger partial charge in [0.25, 0.3) is 5.89 Å². The highest BCUT2D eigenvalue weighted by atomic mass is 35.5. The van der Waals surface area contributed by atoms with Gasteiger partial charge in [0.05, 0.1) is 30.1 Å². The van der Waals surface area contributed by atoms with E-state index in [4.69, 9.17) is 20.4 Å². The van der Waals surface area contributed by atoms with Crippen LogP contribution in [0, 0.1) is 6.92 Å². The summed E-state index contributed by atoms with van der Waals surface area (Å²) in [6, 6.07) is 9.02. The van der Waals surface area contributed by atoms with E-state index >= 15 is 0 Å². The number of carbonyl (C=O) groups excluding carboxylic acids is 1. The first-order valence-electron chi connectivity index (χ1n) is 8.69. The van der Waals surface area contributed by atoms with Crippen molar-refractivity contribution in [2.75, 3.05) is 18.4 Å². The predicted molar refractivity (Wildman–Crippen MR) is 102 cm³/mol. The number of furan rings is 1. The van der Waals surface area contributed by atoms with E-state index in [0.717, 1.165) is 12.0 Å². The number of carbonyl (C=O) groups is 1. The molecule has 3 rings (SSSR count). The summed E-state index contributed by atoms with van der Waals surface area (Å²) in [6.07, 6.45) is 2.43. The molecule has 0 aliphatic rings. The number of rotatable bonds is 8. The summed E-state index contributed by atoms with van der Waals surface area (Å²) in [5, 5.41) is 11.4. The van der Waals surface area contributed by atoms with Crippen molar-refractivity contribution >= 4 is 23.2 Å². The number of nitrogens with one attached hydrogen (secondary N) is 1. The molecule has 7 nitrogen and oxygen atoms in total. The maximum atomic E-state index is 12.4. The van der Waals surface area contributed by atoms with Crippen molar-refractivity contribution in [1.82, 2.24) is 15.1 Å². The van der Waals surface area contributed by atoms with Crippen LogP contribution >= 0.6 is 11.6 Å². The highest BCUT2D eigenvalue weighted by Gasteiger charge is 2.17. The number of benzene rings is 1. The van der Waals surface area contributed by atoms with Gasteiger partial charge in [-0.15, -0.1) is 10.2 Å². The lowest BCUT2D eigenvalue weighted by molar-refractivity contribution is -0.117. The summed E-state index contributed by atoms with van der Waals surface area (Å²) >= 11 is 6.18. The van der Waals surface area contributed by atoms with E-state index in [2.05, 4.69) is 15.5 Å². The Morgan fingerprint density at radius 3 is 2.85 bits per heavy atom. The molecular formula is C19H21ClN4O3. The highest BCUT2D eigenvalue weighted by Crippen LogP contribution is 2.23. The van der Waals surface area contributed by atoms with E-state index in [-0.39, 0.29) is 12.5 Å². The van der Waals surface area contributed by atoms with Crippen LogP contribution in [0.1, 0.15) is 24.8 Å². The fraction of sp³-hybridized carbons (Fsp3) is 0.316. The average Bonchev–Trinajstić information content (AvgIpc) is 3.29. The monoisotopic (exact) mass is 388 g/mol. The van der Waals surface area contributed by atoms with Crippen molar-refractivity contribution in [3.63, 3.8) is 0 Å². The number of hydrogen-bond acceptors (Lipinski definition) is 6. The summed E-state index contributed by atoms with van der Waals surface area (Å²) in [5.74, 6) is 1.11. The van der Waals surface area contributed by atoms with Crippen LogP contribution in [0.25, 0.3) is 11.7 Å². The largest absolute Gasteiger partial charge is 0.459 e. The van der Waals surface area contributed by atoms with Gasteiger partial charge in [0.2, 0.25) is 11.8 Å². The second-order valence-electron chi connectivity index (χ2n) is 6.22. The Hall–Kier alpha value is -2.64. The first kappa shape index (κ1) is 19.1. The number of nitrogens with zero attached hydrogens (tertiary/aromatic N) is 3. The molecule has 142 valence electrons. The molecule has 2 aromatic heterocycles. The lowest BCUT2D eigenvalue weighted by Crippen LogP contribution is -2.33. The van der Waals surface area contributed by atoms with Crippen LogP contribution in [0.2, 0.25) is 5.02 Å². The molecule has 27 heavy (non-hydrogen) atoms. The molecule has 1 aromatic carbocycles.